The van der Waals surface area contributed by atoms with Gasteiger partial charge in [0.1, 0.15) is 0 Å². The van der Waals surface area contributed by atoms with E-state index in [4.69, 9.17) is 0 Å². The van der Waals surface area contributed by atoms with Crippen LogP contribution in [0.2, 0.25) is 0 Å². The predicted molar refractivity (Wildman–Crippen MR) is 81.5 cm³/mol. The highest BCUT2D eigenvalue weighted by Crippen LogP contribution is 2.14. The van der Waals surface area contributed by atoms with Crippen LogP contribution in [0.1, 0.15) is 17.5 Å². The van der Waals surface area contributed by atoms with Crippen LogP contribution in [0.15, 0.2) is 24.3 Å². The van der Waals surface area contributed by atoms with Crippen LogP contribution >= 0.6 is 11.8 Å². The molecule has 0 saturated carbocycles. The minimum atomic E-state index is -0.0561. The van der Waals surface area contributed by atoms with Gasteiger partial charge in [0.15, 0.2) is 0 Å². The maximum atomic E-state index is 12.1. The molecular weight excluding hydrogens is 272 g/mol. The Morgan fingerprint density at radius 3 is 2.85 bits per heavy atom. The van der Waals surface area contributed by atoms with Gasteiger partial charge >= 0.3 is 0 Å². The van der Waals surface area contributed by atoms with Crippen molar-refractivity contribution in [2.75, 3.05) is 25.4 Å². The molecule has 4 nitrogen and oxygen atoms in total. The molecule has 1 fully saturated rings. The van der Waals surface area contributed by atoms with Crippen LogP contribution < -0.4 is 5.32 Å². The van der Waals surface area contributed by atoms with E-state index in [0.717, 1.165) is 12.2 Å². The number of aryl methyl sites for hydroxylation is 1. The molecule has 2 amide bonds. The van der Waals surface area contributed by atoms with E-state index in [0.29, 0.717) is 18.8 Å². The Hall–Kier alpha value is -1.49. The minimum absolute atomic E-state index is 0.0548. The van der Waals surface area contributed by atoms with Gasteiger partial charge in [0.05, 0.1) is 12.3 Å². The molecule has 108 valence electrons. The largest absolute Gasteiger partial charge is 0.354 e. The lowest BCUT2D eigenvalue weighted by molar-refractivity contribution is -0.133. The zero-order valence-corrected chi connectivity index (χ0v) is 12.5. The molecule has 1 aliphatic rings. The van der Waals surface area contributed by atoms with Crippen LogP contribution in [0.5, 0.6) is 0 Å². The fourth-order valence-electron chi connectivity index (χ4n) is 2.05. The Bertz CT molecular complexity index is 473. The van der Waals surface area contributed by atoms with Crippen LogP contribution in [0.25, 0.3) is 0 Å². The van der Waals surface area contributed by atoms with Gasteiger partial charge in [-0.25, -0.2) is 0 Å². The van der Waals surface area contributed by atoms with E-state index in [2.05, 4.69) is 36.5 Å². The summed E-state index contributed by atoms with van der Waals surface area (Å²) in [7, 11) is 0. The van der Waals surface area contributed by atoms with Crippen molar-refractivity contribution < 1.29 is 9.59 Å². The molecule has 1 saturated heterocycles. The first-order valence-corrected chi connectivity index (χ1v) is 7.98. The van der Waals surface area contributed by atoms with Crippen molar-refractivity contribution in [2.24, 2.45) is 0 Å². The topological polar surface area (TPSA) is 49.4 Å². The van der Waals surface area contributed by atoms with Crippen molar-refractivity contribution in [3.8, 4) is 0 Å². The van der Waals surface area contributed by atoms with E-state index in [-0.39, 0.29) is 18.4 Å². The molecule has 0 radical (unpaired) electrons. The van der Waals surface area contributed by atoms with E-state index in [1.54, 1.807) is 16.7 Å². The minimum Gasteiger partial charge on any atom is -0.354 e. The summed E-state index contributed by atoms with van der Waals surface area (Å²) >= 11 is 1.60. The summed E-state index contributed by atoms with van der Waals surface area (Å²) in [5.74, 6) is 1.26. The van der Waals surface area contributed by atoms with Gasteiger partial charge in [-0.2, -0.15) is 0 Å². The molecule has 5 heteroatoms. The molecule has 1 N–H and O–H groups in total. The normalized spacial score (nSPS) is 15.7. The molecule has 1 aliphatic heterocycles. The van der Waals surface area contributed by atoms with Crippen molar-refractivity contribution in [2.45, 2.75) is 19.1 Å². The first-order valence-electron chi connectivity index (χ1n) is 6.83. The summed E-state index contributed by atoms with van der Waals surface area (Å²) < 4.78 is 0. The van der Waals surface area contributed by atoms with Crippen molar-refractivity contribution in [1.82, 2.24) is 10.2 Å². The summed E-state index contributed by atoms with van der Waals surface area (Å²) in [6.07, 6.45) is 0.833. The monoisotopic (exact) mass is 292 g/mol. The van der Waals surface area contributed by atoms with E-state index in [1.165, 1.54) is 11.1 Å². The Kier molecular flexibility index (Phi) is 5.47. The second kappa shape index (κ2) is 7.33. The fourth-order valence-corrected chi connectivity index (χ4v) is 2.94. The lowest BCUT2D eigenvalue weighted by Gasteiger charge is -2.18. The third-order valence-electron chi connectivity index (χ3n) is 3.23. The van der Waals surface area contributed by atoms with Gasteiger partial charge in [0.2, 0.25) is 11.8 Å². The van der Waals surface area contributed by atoms with Crippen molar-refractivity contribution in [3.63, 3.8) is 0 Å². The second-order valence-electron chi connectivity index (χ2n) is 5.00. The van der Waals surface area contributed by atoms with Crippen molar-refractivity contribution >= 4 is 23.6 Å². The van der Waals surface area contributed by atoms with E-state index >= 15 is 0 Å². The molecule has 0 bridgehead atoms. The third-order valence-corrected chi connectivity index (χ3v) is 4.22. The molecule has 0 spiro atoms. The van der Waals surface area contributed by atoms with Gasteiger partial charge in [-0.15, -0.1) is 11.8 Å². The van der Waals surface area contributed by atoms with Crippen LogP contribution in [0.4, 0.5) is 0 Å². The Balaban J connectivity index is 1.76. The van der Waals surface area contributed by atoms with Crippen molar-refractivity contribution in [3.05, 3.63) is 35.4 Å². The number of amides is 2. The third kappa shape index (κ3) is 4.56. The van der Waals surface area contributed by atoms with Crippen LogP contribution in [0, 0.1) is 6.92 Å². The summed E-state index contributed by atoms with van der Waals surface area (Å²) in [5.41, 5.74) is 2.47. The zero-order chi connectivity index (χ0) is 14.4. The van der Waals surface area contributed by atoms with Gasteiger partial charge < -0.3 is 10.2 Å². The molecule has 0 aromatic heterocycles. The maximum absolute atomic E-state index is 12.1. The molecule has 2 rings (SSSR count). The molecule has 0 unspecified atom stereocenters. The lowest BCUT2D eigenvalue weighted by atomic mass is 10.2. The molecule has 0 aliphatic carbocycles. The van der Waals surface area contributed by atoms with Crippen molar-refractivity contribution in [1.29, 1.82) is 0 Å². The smallest absolute Gasteiger partial charge is 0.239 e. The zero-order valence-electron chi connectivity index (χ0n) is 11.7. The molecule has 1 heterocycles. The highest BCUT2D eigenvalue weighted by molar-refractivity contribution is 7.99. The van der Waals surface area contributed by atoms with Crippen LogP contribution in [-0.4, -0.2) is 42.1 Å². The number of hydrogen-bond donors (Lipinski definition) is 1. The van der Waals surface area contributed by atoms with Gasteiger partial charge in [0, 0.05) is 18.8 Å². The highest BCUT2D eigenvalue weighted by Gasteiger charge is 2.19. The quantitative estimate of drug-likeness (QED) is 0.916. The Morgan fingerprint density at radius 1 is 1.35 bits per heavy atom. The van der Waals surface area contributed by atoms with E-state index in [9.17, 15) is 9.59 Å². The van der Waals surface area contributed by atoms with Gasteiger partial charge in [-0.1, -0.05) is 29.8 Å². The first kappa shape index (κ1) is 14.9. The summed E-state index contributed by atoms with van der Waals surface area (Å²) in [4.78, 5) is 25.1. The molecule has 20 heavy (non-hydrogen) atoms. The number of nitrogens with one attached hydrogen (secondary N) is 1. The number of hydrogen-bond acceptors (Lipinski definition) is 3. The summed E-state index contributed by atoms with van der Waals surface area (Å²) in [6, 6.07) is 8.34. The van der Waals surface area contributed by atoms with E-state index < -0.39 is 0 Å². The summed E-state index contributed by atoms with van der Waals surface area (Å²) in [5, 5.41) is 2.78. The molecule has 1 aromatic rings. The standard InChI is InChI=1S/C15H20N2O2S/c1-12-3-5-13(6-4-12)10-20-11-15(19)17-8-2-7-16-14(18)9-17/h3-6H,2,7-11H2,1H3,(H,16,18). The predicted octanol–water partition coefficient (Wildman–Crippen LogP) is 1.58. The van der Waals surface area contributed by atoms with Gasteiger partial charge in [-0.05, 0) is 18.9 Å². The molecular formula is C15H20N2O2S. The fraction of sp³-hybridized carbons (Fsp3) is 0.467. The number of carbonyl (C=O) groups is 2. The molecule has 1 aromatic carbocycles. The Morgan fingerprint density at radius 2 is 2.10 bits per heavy atom. The average Bonchev–Trinajstić information content (AvgIpc) is 2.65. The summed E-state index contributed by atoms with van der Waals surface area (Å²) in [6.45, 7) is 3.59. The van der Waals surface area contributed by atoms with Gasteiger partial charge in [0.25, 0.3) is 0 Å². The maximum Gasteiger partial charge on any atom is 0.239 e. The SMILES string of the molecule is Cc1ccc(CSCC(=O)N2CCCNC(=O)C2)cc1. The first-order chi connectivity index (χ1) is 9.65. The van der Waals surface area contributed by atoms with E-state index in [1.807, 2.05) is 0 Å². The number of carbonyl (C=O) groups excluding carboxylic acids is 2. The Labute approximate surface area is 123 Å². The van der Waals surface area contributed by atoms with Gasteiger partial charge in [-0.3, -0.25) is 9.59 Å². The number of thioether (sulfide) groups is 1. The second-order valence-corrected chi connectivity index (χ2v) is 5.98. The number of nitrogens with zero attached hydrogens (tertiary/aromatic N) is 1. The molecule has 0 atom stereocenters. The number of rotatable bonds is 4. The average molecular weight is 292 g/mol. The number of benzene rings is 1. The van der Waals surface area contributed by atoms with Crippen LogP contribution in [-0.2, 0) is 15.3 Å². The highest BCUT2D eigenvalue weighted by atomic mass is 32.2. The van der Waals surface area contributed by atoms with Crippen LogP contribution in [0.3, 0.4) is 0 Å². The lowest BCUT2D eigenvalue weighted by Crippen LogP contribution is -2.38.